The normalized spacial score (nSPS) is 12.2. The van der Waals surface area contributed by atoms with Crippen LogP contribution in [-0.4, -0.2) is 29.0 Å². The van der Waals surface area contributed by atoms with E-state index in [0.717, 1.165) is 55.4 Å². The Hall–Kier alpha value is -4.48. The van der Waals surface area contributed by atoms with Gasteiger partial charge in [0.2, 0.25) is 5.78 Å². The van der Waals surface area contributed by atoms with Crippen molar-refractivity contribution in [2.24, 2.45) is 0 Å². The van der Waals surface area contributed by atoms with E-state index in [1.165, 1.54) is 0 Å². The van der Waals surface area contributed by atoms with Crippen molar-refractivity contribution in [1.82, 2.24) is 23.9 Å². The van der Waals surface area contributed by atoms with E-state index in [-0.39, 0.29) is 32.2 Å². The number of furan rings is 1. The van der Waals surface area contributed by atoms with E-state index in [4.69, 9.17) is 14.4 Å². The number of hydrogen-bond acceptors (Lipinski definition) is 5. The molecule has 0 aliphatic carbocycles. The summed E-state index contributed by atoms with van der Waals surface area (Å²) in [5.74, 6) is 0.908. The predicted octanol–water partition coefficient (Wildman–Crippen LogP) is 7.59. The molecule has 5 aromatic heterocycles. The van der Waals surface area contributed by atoms with Gasteiger partial charge in [-0.05, 0) is 47.4 Å². The predicted molar refractivity (Wildman–Crippen MR) is 157 cm³/mol. The van der Waals surface area contributed by atoms with Crippen LogP contribution in [0, 0.1) is 6.07 Å². The Labute approximate surface area is 249 Å². The molecule has 0 spiro atoms. The molecule has 0 radical (unpaired) electrons. The maximum atomic E-state index is 10.8. The molecule has 0 fully saturated rings. The number of pyridine rings is 2. The van der Waals surface area contributed by atoms with E-state index in [2.05, 4.69) is 60.5 Å². The fraction of sp³-hybridized carbons (Fsp3) is 0.121. The summed E-state index contributed by atoms with van der Waals surface area (Å²) in [4.78, 5) is 14.7. The average molecular weight is 718 g/mol. The number of fused-ring (bicyclic) bond motifs is 8. The second-order valence-corrected chi connectivity index (χ2v) is 11.1. The van der Waals surface area contributed by atoms with Gasteiger partial charge in [-0.1, -0.05) is 68.8 Å². The van der Waals surface area contributed by atoms with E-state index < -0.39 is 0 Å². The summed E-state index contributed by atoms with van der Waals surface area (Å²) in [6.07, 6.45) is 1.68. The molecule has 3 aromatic carbocycles. The standard InChI is InChI=1S/C33H24N5O2.Pt/c1-33(2,3)21-18-22(35-29-20-11-9-17-34-31(20)40-30(21)29)19-10-8-15-26-28(19)36-32-37(25-14-6-7-16-27(25)39)23-12-4-5-13-24(23)38(26)32;/h4-10,12-18,39H,1-3H3;/q-1;. The molecule has 0 aliphatic rings. The number of aromatic nitrogens is 5. The molecular weight excluding hydrogens is 693 g/mol. The van der Waals surface area contributed by atoms with E-state index in [9.17, 15) is 5.11 Å². The Bertz CT molecular complexity index is 2290. The molecule has 0 saturated heterocycles. The molecule has 0 bridgehead atoms. The first-order valence-electron chi connectivity index (χ1n) is 13.2. The number of nitrogens with zero attached hydrogens (tertiary/aromatic N) is 5. The number of rotatable bonds is 2. The van der Waals surface area contributed by atoms with E-state index >= 15 is 0 Å². The minimum Gasteiger partial charge on any atom is -0.506 e. The SMILES string of the molecule is CC(C)(C)c1cc(-c2cccc3c2nc2n(-c4ccccc4O)c4ccccc4n32)nc2c1oc1ncc[c-]c12.[Pt]. The quantitative estimate of drug-likeness (QED) is 0.187. The monoisotopic (exact) mass is 717 g/mol. The van der Waals surface area contributed by atoms with Crippen molar-refractivity contribution in [3.63, 3.8) is 0 Å². The molecule has 7 nitrogen and oxygen atoms in total. The van der Waals surface area contributed by atoms with Crippen molar-refractivity contribution in [2.75, 3.05) is 0 Å². The zero-order valence-electron chi connectivity index (χ0n) is 22.5. The molecule has 41 heavy (non-hydrogen) atoms. The molecule has 8 rings (SSSR count). The average Bonchev–Trinajstić information content (AvgIpc) is 3.61. The molecule has 0 aliphatic heterocycles. The molecule has 0 atom stereocenters. The van der Waals surface area contributed by atoms with Crippen LogP contribution in [0.5, 0.6) is 5.75 Å². The van der Waals surface area contributed by atoms with Crippen LogP contribution in [0.1, 0.15) is 26.3 Å². The number of phenols is 1. The molecule has 1 N–H and O–H groups in total. The van der Waals surface area contributed by atoms with Gasteiger partial charge in [-0.25, -0.2) is 4.98 Å². The first-order chi connectivity index (χ1) is 19.4. The van der Waals surface area contributed by atoms with Gasteiger partial charge in [0.25, 0.3) is 0 Å². The summed E-state index contributed by atoms with van der Waals surface area (Å²) in [6, 6.07) is 28.8. The van der Waals surface area contributed by atoms with Crippen molar-refractivity contribution >= 4 is 50.0 Å². The van der Waals surface area contributed by atoms with Crippen molar-refractivity contribution < 1.29 is 30.6 Å². The van der Waals surface area contributed by atoms with Crippen LogP contribution in [0.4, 0.5) is 0 Å². The maximum absolute atomic E-state index is 10.8. The summed E-state index contributed by atoms with van der Waals surface area (Å²) in [5, 5.41) is 11.6. The Morgan fingerprint density at radius 1 is 0.854 bits per heavy atom. The number of para-hydroxylation sites is 5. The van der Waals surface area contributed by atoms with Gasteiger partial charge in [0.15, 0.2) is 0 Å². The summed E-state index contributed by atoms with van der Waals surface area (Å²) in [6.45, 7) is 6.51. The number of phenolic OH excluding ortho intramolecular Hbond substituents is 1. The van der Waals surface area contributed by atoms with Crippen LogP contribution in [0.15, 0.2) is 89.5 Å². The maximum Gasteiger partial charge on any atom is 0.220 e. The van der Waals surface area contributed by atoms with E-state index in [0.29, 0.717) is 17.2 Å². The Kier molecular flexibility index (Phi) is 5.60. The number of aromatic hydroxyl groups is 1. The molecule has 204 valence electrons. The van der Waals surface area contributed by atoms with Crippen molar-refractivity contribution in [3.8, 4) is 22.7 Å². The van der Waals surface area contributed by atoms with E-state index in [1.807, 2.05) is 47.0 Å². The summed E-state index contributed by atoms with van der Waals surface area (Å²) >= 11 is 0. The first kappa shape index (κ1) is 25.5. The van der Waals surface area contributed by atoms with Gasteiger partial charge in [-0.3, -0.25) is 14.0 Å². The van der Waals surface area contributed by atoms with Gasteiger partial charge in [0.05, 0.1) is 27.9 Å². The summed E-state index contributed by atoms with van der Waals surface area (Å²) < 4.78 is 10.4. The minimum atomic E-state index is -0.200. The summed E-state index contributed by atoms with van der Waals surface area (Å²) in [7, 11) is 0. The Morgan fingerprint density at radius 2 is 1.61 bits per heavy atom. The molecule has 0 saturated carbocycles. The van der Waals surface area contributed by atoms with Gasteiger partial charge < -0.3 is 14.5 Å². The Balaban J connectivity index is 0.00000276. The third-order valence-corrected chi connectivity index (χ3v) is 7.55. The second-order valence-electron chi connectivity index (χ2n) is 11.1. The largest absolute Gasteiger partial charge is 0.506 e. The molecule has 8 heteroatoms. The fourth-order valence-electron chi connectivity index (χ4n) is 5.72. The molecule has 5 heterocycles. The van der Waals surface area contributed by atoms with Crippen LogP contribution in [0.25, 0.3) is 67.0 Å². The summed E-state index contributed by atoms with van der Waals surface area (Å²) in [5.41, 5.74) is 9.00. The van der Waals surface area contributed by atoms with Crippen molar-refractivity contribution in [1.29, 1.82) is 0 Å². The fourth-order valence-corrected chi connectivity index (χ4v) is 5.72. The van der Waals surface area contributed by atoms with Gasteiger partial charge in [0.1, 0.15) is 22.6 Å². The van der Waals surface area contributed by atoms with Crippen LogP contribution in [-0.2, 0) is 26.5 Å². The van der Waals surface area contributed by atoms with Crippen molar-refractivity contribution in [3.05, 3.63) is 96.7 Å². The van der Waals surface area contributed by atoms with Gasteiger partial charge >= 0.3 is 0 Å². The second kappa shape index (κ2) is 9.01. The van der Waals surface area contributed by atoms with E-state index in [1.54, 1.807) is 18.3 Å². The smallest absolute Gasteiger partial charge is 0.220 e. The molecule has 8 aromatic rings. The zero-order valence-corrected chi connectivity index (χ0v) is 24.8. The number of hydrogen-bond donors (Lipinski definition) is 1. The van der Waals surface area contributed by atoms with Crippen molar-refractivity contribution in [2.45, 2.75) is 26.2 Å². The zero-order chi connectivity index (χ0) is 27.2. The molecule has 0 unspecified atom stereocenters. The third kappa shape index (κ3) is 3.65. The van der Waals surface area contributed by atoms with Gasteiger partial charge in [-0.2, -0.15) is 0 Å². The van der Waals surface area contributed by atoms with Gasteiger partial charge in [0, 0.05) is 32.1 Å². The first-order valence-corrected chi connectivity index (χ1v) is 13.2. The molecular formula is C33H24N5O2Pt-. The van der Waals surface area contributed by atoms with Crippen LogP contribution in [0.2, 0.25) is 0 Å². The van der Waals surface area contributed by atoms with Crippen LogP contribution < -0.4 is 0 Å². The van der Waals surface area contributed by atoms with Gasteiger partial charge in [-0.15, -0.1) is 12.1 Å². The molecule has 0 amide bonds. The van der Waals surface area contributed by atoms with Crippen LogP contribution in [0.3, 0.4) is 0 Å². The topological polar surface area (TPSA) is 81.4 Å². The number of imidazole rings is 2. The number of benzene rings is 3. The van der Waals surface area contributed by atoms with Crippen LogP contribution >= 0.6 is 0 Å². The Morgan fingerprint density at radius 3 is 2.41 bits per heavy atom. The minimum absolute atomic E-state index is 0. The third-order valence-electron chi connectivity index (χ3n) is 7.55.